The zero-order chi connectivity index (χ0) is 13.7. The molecule has 2 aromatic rings. The largest absolute Gasteiger partial charge is 0.338 e. The molecule has 1 aromatic carbocycles. The standard InChI is InChI=1S/C14H11ClN4/c1-2-17-12-6-7-13(15)19-14(12)18-11-5-3-4-10(8-11)9-16/h2-8H,1H3,(H,18,19). The van der Waals surface area contributed by atoms with Crippen molar-refractivity contribution in [2.45, 2.75) is 6.92 Å². The summed E-state index contributed by atoms with van der Waals surface area (Å²) >= 11 is 5.89. The molecular weight excluding hydrogens is 260 g/mol. The highest BCUT2D eigenvalue weighted by atomic mass is 35.5. The zero-order valence-corrected chi connectivity index (χ0v) is 11.0. The molecule has 0 aliphatic heterocycles. The number of rotatable bonds is 3. The van der Waals surface area contributed by atoms with Crippen LogP contribution in [0.3, 0.4) is 0 Å². The minimum Gasteiger partial charge on any atom is -0.338 e. The first-order valence-corrected chi connectivity index (χ1v) is 6.03. The number of nitriles is 1. The van der Waals surface area contributed by atoms with Gasteiger partial charge >= 0.3 is 0 Å². The summed E-state index contributed by atoms with van der Waals surface area (Å²) in [6.07, 6.45) is 1.68. The van der Waals surface area contributed by atoms with E-state index in [4.69, 9.17) is 16.9 Å². The molecule has 0 atom stereocenters. The van der Waals surface area contributed by atoms with Crippen LogP contribution in [0.25, 0.3) is 0 Å². The number of pyridine rings is 1. The van der Waals surface area contributed by atoms with Crippen LogP contribution < -0.4 is 5.32 Å². The van der Waals surface area contributed by atoms with E-state index in [1.54, 1.807) is 36.5 Å². The van der Waals surface area contributed by atoms with Crippen LogP contribution in [0.5, 0.6) is 0 Å². The van der Waals surface area contributed by atoms with Crippen molar-refractivity contribution in [2.24, 2.45) is 4.99 Å². The summed E-state index contributed by atoms with van der Waals surface area (Å²) in [5.74, 6) is 0.556. The van der Waals surface area contributed by atoms with Crippen LogP contribution in [0, 0.1) is 11.3 Å². The third-order valence-electron chi connectivity index (χ3n) is 2.36. The molecule has 0 saturated carbocycles. The smallest absolute Gasteiger partial charge is 0.158 e. The van der Waals surface area contributed by atoms with E-state index in [1.807, 2.05) is 13.0 Å². The quantitative estimate of drug-likeness (QED) is 0.675. The molecule has 2 rings (SSSR count). The van der Waals surface area contributed by atoms with E-state index >= 15 is 0 Å². The first kappa shape index (κ1) is 13.1. The van der Waals surface area contributed by atoms with E-state index in [1.165, 1.54) is 0 Å². The average molecular weight is 271 g/mol. The molecule has 1 N–H and O–H groups in total. The molecule has 94 valence electrons. The summed E-state index contributed by atoms with van der Waals surface area (Å²) in [5.41, 5.74) is 2.03. The number of benzene rings is 1. The van der Waals surface area contributed by atoms with Crippen molar-refractivity contribution < 1.29 is 0 Å². The molecule has 0 spiro atoms. The van der Waals surface area contributed by atoms with Crippen LogP contribution >= 0.6 is 11.6 Å². The highest BCUT2D eigenvalue weighted by Crippen LogP contribution is 2.27. The molecule has 0 aliphatic carbocycles. The molecule has 0 radical (unpaired) electrons. The van der Waals surface area contributed by atoms with Gasteiger partial charge in [0.05, 0.1) is 11.6 Å². The van der Waals surface area contributed by atoms with Crippen molar-refractivity contribution >= 4 is 35.0 Å². The summed E-state index contributed by atoms with van der Waals surface area (Å²) in [5, 5.41) is 12.4. The van der Waals surface area contributed by atoms with Crippen molar-refractivity contribution in [1.82, 2.24) is 4.98 Å². The Labute approximate surface area is 116 Å². The predicted octanol–water partition coefficient (Wildman–Crippen LogP) is 4.07. The average Bonchev–Trinajstić information content (AvgIpc) is 2.42. The minimum absolute atomic E-state index is 0.383. The normalized spacial score (nSPS) is 10.4. The topological polar surface area (TPSA) is 61.1 Å². The second-order valence-electron chi connectivity index (χ2n) is 3.71. The minimum atomic E-state index is 0.383. The Morgan fingerprint density at radius 3 is 2.95 bits per heavy atom. The first-order valence-electron chi connectivity index (χ1n) is 5.65. The van der Waals surface area contributed by atoms with Crippen molar-refractivity contribution in [3.8, 4) is 6.07 Å². The number of hydrogen-bond donors (Lipinski definition) is 1. The van der Waals surface area contributed by atoms with Gasteiger partial charge < -0.3 is 5.32 Å². The van der Waals surface area contributed by atoms with Gasteiger partial charge in [0.1, 0.15) is 10.8 Å². The van der Waals surface area contributed by atoms with Gasteiger partial charge in [0.2, 0.25) is 0 Å². The summed E-state index contributed by atoms with van der Waals surface area (Å²) < 4.78 is 0. The second-order valence-corrected chi connectivity index (χ2v) is 4.09. The second kappa shape index (κ2) is 5.98. The van der Waals surface area contributed by atoms with Crippen LogP contribution in [0.15, 0.2) is 41.4 Å². The van der Waals surface area contributed by atoms with Gasteiger partial charge in [0.25, 0.3) is 0 Å². The van der Waals surface area contributed by atoms with E-state index in [2.05, 4.69) is 21.4 Å². The number of anilines is 2. The van der Waals surface area contributed by atoms with E-state index in [0.717, 1.165) is 5.69 Å². The van der Waals surface area contributed by atoms with E-state index in [0.29, 0.717) is 22.2 Å². The number of hydrogen-bond acceptors (Lipinski definition) is 4. The van der Waals surface area contributed by atoms with E-state index in [9.17, 15) is 0 Å². The van der Waals surface area contributed by atoms with Gasteiger partial charge in [-0.25, -0.2) is 4.98 Å². The van der Waals surface area contributed by atoms with Crippen LogP contribution in [0.2, 0.25) is 5.15 Å². The summed E-state index contributed by atoms with van der Waals surface area (Å²) in [6.45, 7) is 1.83. The Hall–Kier alpha value is -2.38. The first-order chi connectivity index (χ1) is 9.22. The molecule has 0 amide bonds. The maximum Gasteiger partial charge on any atom is 0.158 e. The van der Waals surface area contributed by atoms with Crippen molar-refractivity contribution in [2.75, 3.05) is 5.32 Å². The molecule has 5 heteroatoms. The fourth-order valence-electron chi connectivity index (χ4n) is 1.57. The lowest BCUT2D eigenvalue weighted by molar-refractivity contribution is 1.29. The molecule has 0 unspecified atom stereocenters. The predicted molar refractivity (Wildman–Crippen MR) is 77.5 cm³/mol. The number of nitrogens with zero attached hydrogens (tertiary/aromatic N) is 3. The Morgan fingerprint density at radius 1 is 1.37 bits per heavy atom. The summed E-state index contributed by atoms with van der Waals surface area (Å²) in [6, 6.07) is 12.7. The molecule has 1 aromatic heterocycles. The highest BCUT2D eigenvalue weighted by Gasteiger charge is 2.05. The van der Waals surface area contributed by atoms with Crippen molar-refractivity contribution in [3.05, 3.63) is 47.1 Å². The lowest BCUT2D eigenvalue weighted by Gasteiger charge is -2.08. The van der Waals surface area contributed by atoms with Crippen LogP contribution in [0.4, 0.5) is 17.2 Å². The van der Waals surface area contributed by atoms with Crippen molar-refractivity contribution in [1.29, 1.82) is 5.26 Å². The van der Waals surface area contributed by atoms with Crippen LogP contribution in [-0.2, 0) is 0 Å². The van der Waals surface area contributed by atoms with Gasteiger partial charge in [-0.3, -0.25) is 4.99 Å². The van der Waals surface area contributed by atoms with Gasteiger partial charge in [-0.2, -0.15) is 5.26 Å². The van der Waals surface area contributed by atoms with E-state index in [-0.39, 0.29) is 0 Å². The van der Waals surface area contributed by atoms with Gasteiger partial charge in [-0.15, -0.1) is 0 Å². The third-order valence-corrected chi connectivity index (χ3v) is 2.57. The van der Waals surface area contributed by atoms with Gasteiger partial charge in [-0.1, -0.05) is 17.7 Å². The number of halogens is 1. The molecule has 1 heterocycles. The summed E-state index contributed by atoms with van der Waals surface area (Å²) in [4.78, 5) is 8.41. The van der Waals surface area contributed by atoms with E-state index < -0.39 is 0 Å². The maximum atomic E-state index is 8.87. The van der Waals surface area contributed by atoms with Gasteiger partial charge in [-0.05, 0) is 37.3 Å². The van der Waals surface area contributed by atoms with Crippen LogP contribution in [-0.4, -0.2) is 11.2 Å². The SMILES string of the molecule is CC=Nc1ccc(Cl)nc1Nc1cccc(C#N)c1. The van der Waals surface area contributed by atoms with Crippen LogP contribution in [0.1, 0.15) is 12.5 Å². The number of nitrogens with one attached hydrogen (secondary N) is 1. The molecule has 0 saturated heterocycles. The zero-order valence-electron chi connectivity index (χ0n) is 10.3. The van der Waals surface area contributed by atoms with Crippen molar-refractivity contribution in [3.63, 3.8) is 0 Å². The molecular formula is C14H11ClN4. The molecule has 4 nitrogen and oxygen atoms in total. The monoisotopic (exact) mass is 270 g/mol. The number of aliphatic imine (C=N–C) groups is 1. The Balaban J connectivity index is 2.37. The maximum absolute atomic E-state index is 8.87. The van der Waals surface area contributed by atoms with Gasteiger partial charge in [0, 0.05) is 11.9 Å². The Bertz CT molecular complexity index is 659. The fraction of sp³-hybridized carbons (Fsp3) is 0.0714. The molecule has 19 heavy (non-hydrogen) atoms. The number of aromatic nitrogens is 1. The Kier molecular flexibility index (Phi) is 4.11. The molecule has 0 aliphatic rings. The van der Waals surface area contributed by atoms with Gasteiger partial charge in [0.15, 0.2) is 5.82 Å². The highest BCUT2D eigenvalue weighted by molar-refractivity contribution is 6.29. The molecule has 0 bridgehead atoms. The fourth-order valence-corrected chi connectivity index (χ4v) is 1.71. The lowest BCUT2D eigenvalue weighted by atomic mass is 10.2. The third kappa shape index (κ3) is 3.30. The summed E-state index contributed by atoms with van der Waals surface area (Å²) in [7, 11) is 0. The molecule has 0 fully saturated rings. The lowest BCUT2D eigenvalue weighted by Crippen LogP contribution is -1.94. The Morgan fingerprint density at radius 2 is 2.21 bits per heavy atom.